The lowest BCUT2D eigenvalue weighted by atomic mass is 10.1. The summed E-state index contributed by atoms with van der Waals surface area (Å²) in [7, 11) is 0. The normalized spacial score (nSPS) is 16.1. The lowest BCUT2D eigenvalue weighted by Gasteiger charge is -2.24. The molecule has 3 heterocycles. The molecule has 1 aliphatic rings. The second-order valence-electron chi connectivity index (χ2n) is 6.48. The van der Waals surface area contributed by atoms with Crippen LogP contribution in [0.25, 0.3) is 23.0 Å². The van der Waals surface area contributed by atoms with Crippen LogP contribution < -0.4 is 0 Å². The summed E-state index contributed by atoms with van der Waals surface area (Å²) in [6.45, 7) is 0.869. The Morgan fingerprint density at radius 2 is 1.68 bits per heavy atom. The number of nitrogens with zero attached hydrogens (tertiary/aromatic N) is 4. The van der Waals surface area contributed by atoms with Crippen molar-refractivity contribution in [1.29, 1.82) is 0 Å². The second kappa shape index (κ2) is 6.65. The van der Waals surface area contributed by atoms with Gasteiger partial charge in [-0.05, 0) is 48.0 Å². The highest BCUT2D eigenvalue weighted by Gasteiger charge is 2.24. The highest BCUT2D eigenvalue weighted by atomic mass is 19.1. The van der Waals surface area contributed by atoms with Crippen molar-refractivity contribution < 1.29 is 18.0 Å². The van der Waals surface area contributed by atoms with Crippen molar-refractivity contribution in [1.82, 2.24) is 19.9 Å². The van der Waals surface area contributed by atoms with Crippen molar-refractivity contribution in [3.05, 3.63) is 77.5 Å². The van der Waals surface area contributed by atoms with E-state index in [1.807, 2.05) is 10.7 Å². The third kappa shape index (κ3) is 3.07. The van der Waals surface area contributed by atoms with E-state index in [-0.39, 0.29) is 23.6 Å². The SMILES string of the molecule is Fc1ccc(-c2noc(-c3cc4n(n3)C[C@@H](c3ccc(F)cc3)OC4)n2)cc1. The molecule has 0 saturated heterocycles. The summed E-state index contributed by atoms with van der Waals surface area (Å²) in [6, 6.07) is 13.9. The maximum Gasteiger partial charge on any atom is 0.278 e. The van der Waals surface area contributed by atoms with Crippen LogP contribution in [-0.2, 0) is 17.9 Å². The molecule has 0 unspecified atom stereocenters. The van der Waals surface area contributed by atoms with Gasteiger partial charge in [0.1, 0.15) is 17.7 Å². The van der Waals surface area contributed by atoms with Crippen molar-refractivity contribution in [3.8, 4) is 23.0 Å². The zero-order valence-corrected chi connectivity index (χ0v) is 14.5. The number of benzene rings is 2. The summed E-state index contributed by atoms with van der Waals surface area (Å²) in [6.07, 6.45) is -0.210. The van der Waals surface area contributed by atoms with Crippen LogP contribution in [0.5, 0.6) is 0 Å². The molecule has 28 heavy (non-hydrogen) atoms. The Kier molecular flexibility index (Phi) is 3.98. The molecule has 0 radical (unpaired) electrons. The lowest BCUT2D eigenvalue weighted by Crippen LogP contribution is -2.21. The first kappa shape index (κ1) is 16.8. The Morgan fingerprint density at radius 1 is 0.964 bits per heavy atom. The minimum absolute atomic E-state index is 0.210. The summed E-state index contributed by atoms with van der Waals surface area (Å²) in [4.78, 5) is 4.35. The van der Waals surface area contributed by atoms with Gasteiger partial charge in [0.25, 0.3) is 5.89 Å². The van der Waals surface area contributed by atoms with Gasteiger partial charge in [-0.15, -0.1) is 0 Å². The molecule has 0 bridgehead atoms. The van der Waals surface area contributed by atoms with Crippen LogP contribution in [0.2, 0.25) is 0 Å². The molecule has 4 aromatic rings. The summed E-state index contributed by atoms with van der Waals surface area (Å²) >= 11 is 0. The molecule has 5 rings (SSSR count). The molecule has 0 N–H and O–H groups in total. The summed E-state index contributed by atoms with van der Waals surface area (Å²) < 4.78 is 39.2. The number of rotatable bonds is 3. The summed E-state index contributed by atoms with van der Waals surface area (Å²) in [5.41, 5.74) is 2.97. The van der Waals surface area contributed by atoms with E-state index in [1.54, 1.807) is 24.3 Å². The number of ether oxygens (including phenoxy) is 1. The van der Waals surface area contributed by atoms with Crippen molar-refractivity contribution in [2.45, 2.75) is 19.3 Å². The van der Waals surface area contributed by atoms with Gasteiger partial charge in [0, 0.05) is 5.56 Å². The first-order chi connectivity index (χ1) is 13.7. The Labute approximate surface area is 158 Å². The van der Waals surface area contributed by atoms with Gasteiger partial charge in [-0.3, -0.25) is 4.68 Å². The first-order valence-electron chi connectivity index (χ1n) is 8.69. The maximum atomic E-state index is 13.1. The smallest absolute Gasteiger partial charge is 0.278 e. The van der Waals surface area contributed by atoms with Crippen LogP contribution in [0.3, 0.4) is 0 Å². The molecular weight excluding hydrogens is 366 g/mol. The lowest BCUT2D eigenvalue weighted by molar-refractivity contribution is -0.00116. The number of fused-ring (bicyclic) bond motifs is 1. The average Bonchev–Trinajstić information content (AvgIpc) is 3.35. The summed E-state index contributed by atoms with van der Waals surface area (Å²) in [5, 5.41) is 8.49. The maximum absolute atomic E-state index is 13.1. The van der Waals surface area contributed by atoms with E-state index in [0.717, 1.165) is 11.3 Å². The largest absolute Gasteiger partial charge is 0.365 e. The van der Waals surface area contributed by atoms with Gasteiger partial charge in [0.15, 0.2) is 5.69 Å². The predicted molar refractivity (Wildman–Crippen MR) is 94.8 cm³/mol. The van der Waals surface area contributed by atoms with Crippen LogP contribution in [0.1, 0.15) is 17.4 Å². The monoisotopic (exact) mass is 380 g/mol. The third-order valence-electron chi connectivity index (χ3n) is 4.62. The molecule has 0 aliphatic carbocycles. The van der Waals surface area contributed by atoms with E-state index in [0.29, 0.717) is 30.2 Å². The van der Waals surface area contributed by atoms with Crippen LogP contribution in [0, 0.1) is 11.6 Å². The molecule has 1 aliphatic heterocycles. The van der Waals surface area contributed by atoms with Crippen molar-refractivity contribution in [3.63, 3.8) is 0 Å². The Balaban J connectivity index is 1.39. The van der Waals surface area contributed by atoms with Gasteiger partial charge in [-0.25, -0.2) is 8.78 Å². The van der Waals surface area contributed by atoms with Gasteiger partial charge in [-0.2, -0.15) is 10.1 Å². The van der Waals surface area contributed by atoms with Crippen molar-refractivity contribution in [2.24, 2.45) is 0 Å². The highest BCUT2D eigenvalue weighted by molar-refractivity contribution is 5.57. The molecule has 0 spiro atoms. The fraction of sp³-hybridized carbons (Fsp3) is 0.150. The molecule has 6 nitrogen and oxygen atoms in total. The molecule has 1 atom stereocenters. The van der Waals surface area contributed by atoms with E-state index >= 15 is 0 Å². The Bertz CT molecular complexity index is 1120. The van der Waals surface area contributed by atoms with Crippen LogP contribution in [-0.4, -0.2) is 19.9 Å². The highest BCUT2D eigenvalue weighted by Crippen LogP contribution is 2.29. The molecule has 140 valence electrons. The van der Waals surface area contributed by atoms with Gasteiger partial charge >= 0.3 is 0 Å². The van der Waals surface area contributed by atoms with E-state index in [1.165, 1.54) is 24.3 Å². The van der Waals surface area contributed by atoms with Crippen LogP contribution >= 0.6 is 0 Å². The minimum atomic E-state index is -0.329. The van der Waals surface area contributed by atoms with E-state index < -0.39 is 0 Å². The van der Waals surface area contributed by atoms with E-state index in [4.69, 9.17) is 9.26 Å². The molecule has 8 heteroatoms. The summed E-state index contributed by atoms with van der Waals surface area (Å²) in [5.74, 6) is 0.0286. The minimum Gasteiger partial charge on any atom is -0.365 e. The van der Waals surface area contributed by atoms with Gasteiger partial charge in [0.2, 0.25) is 5.82 Å². The quantitative estimate of drug-likeness (QED) is 0.534. The molecular formula is C20H14F2N4O2. The number of aromatic nitrogens is 4. The van der Waals surface area contributed by atoms with Crippen LogP contribution in [0.4, 0.5) is 8.78 Å². The zero-order chi connectivity index (χ0) is 19.1. The standard InChI is InChI=1S/C20H14F2N4O2/c21-14-5-1-12(2-6-14)18-10-26-16(11-27-18)9-17(24-26)20-23-19(25-28-20)13-3-7-15(22)8-4-13/h1-9,18H,10-11H2/t18-/m0/s1. The third-order valence-corrected chi connectivity index (χ3v) is 4.62. The van der Waals surface area contributed by atoms with Crippen molar-refractivity contribution >= 4 is 0 Å². The fourth-order valence-electron chi connectivity index (χ4n) is 3.15. The van der Waals surface area contributed by atoms with E-state index in [9.17, 15) is 8.78 Å². The second-order valence-corrected chi connectivity index (χ2v) is 6.48. The van der Waals surface area contributed by atoms with Crippen LogP contribution in [0.15, 0.2) is 59.1 Å². The fourth-order valence-corrected chi connectivity index (χ4v) is 3.15. The average molecular weight is 380 g/mol. The molecule has 0 amide bonds. The topological polar surface area (TPSA) is 66.0 Å². The molecule has 2 aromatic heterocycles. The first-order valence-corrected chi connectivity index (χ1v) is 8.69. The van der Waals surface area contributed by atoms with Gasteiger partial charge in [0.05, 0.1) is 18.8 Å². The van der Waals surface area contributed by atoms with Gasteiger partial charge < -0.3 is 9.26 Å². The van der Waals surface area contributed by atoms with Gasteiger partial charge in [-0.1, -0.05) is 17.3 Å². The molecule has 0 fully saturated rings. The molecule has 2 aromatic carbocycles. The number of hydrogen-bond donors (Lipinski definition) is 0. The number of hydrogen-bond acceptors (Lipinski definition) is 5. The number of halogens is 2. The van der Waals surface area contributed by atoms with Crippen molar-refractivity contribution in [2.75, 3.05) is 0 Å². The predicted octanol–water partition coefficient (Wildman–Crippen LogP) is 4.15. The zero-order valence-electron chi connectivity index (χ0n) is 14.5. The van der Waals surface area contributed by atoms with E-state index in [2.05, 4.69) is 15.2 Å². The Hall–Kier alpha value is -3.39. The Morgan fingerprint density at radius 3 is 2.43 bits per heavy atom. The molecule has 0 saturated carbocycles.